The van der Waals surface area contributed by atoms with Crippen molar-refractivity contribution in [3.8, 4) is 11.5 Å². The molecule has 4 rings (SSSR count). The van der Waals surface area contributed by atoms with E-state index < -0.39 is 6.04 Å². The zero-order chi connectivity index (χ0) is 22.9. The summed E-state index contributed by atoms with van der Waals surface area (Å²) in [4.78, 5) is 23.0. The lowest BCUT2D eigenvalue weighted by molar-refractivity contribution is -0.133. The summed E-state index contributed by atoms with van der Waals surface area (Å²) in [7, 11) is 0. The average molecular weight is 440 g/mol. The molecule has 1 saturated heterocycles. The van der Waals surface area contributed by atoms with Crippen LogP contribution in [0.4, 0.5) is 4.39 Å². The fourth-order valence-electron chi connectivity index (χ4n) is 3.75. The summed E-state index contributed by atoms with van der Waals surface area (Å²) in [5.74, 6) is 0.512. The minimum absolute atomic E-state index is 0.0733. The van der Waals surface area contributed by atoms with Crippen LogP contribution in [0.25, 0.3) is 11.5 Å². The van der Waals surface area contributed by atoms with Crippen molar-refractivity contribution in [3.05, 3.63) is 71.9 Å². The Bertz CT molecular complexity index is 1030. The summed E-state index contributed by atoms with van der Waals surface area (Å²) in [6, 6.07) is 15.3. The van der Waals surface area contributed by atoms with Gasteiger partial charge >= 0.3 is 0 Å². The Kier molecular flexibility index (Phi) is 8.04. The molecule has 0 radical (unpaired) electrons. The van der Waals surface area contributed by atoms with Crippen LogP contribution in [0.2, 0.25) is 0 Å². The largest absolute Gasteiger partial charge is 0.483 e. The molecule has 168 valence electrons. The molecule has 0 spiro atoms. The number of hydrogen-bond donors (Lipinski definition) is 2. The van der Waals surface area contributed by atoms with Gasteiger partial charge in [0.15, 0.2) is 0 Å². The molecular weight excluding hydrogens is 415 g/mol. The van der Waals surface area contributed by atoms with E-state index in [1.807, 2.05) is 30.3 Å². The van der Waals surface area contributed by atoms with Crippen LogP contribution in [0.15, 0.2) is 59.0 Å². The summed E-state index contributed by atoms with van der Waals surface area (Å²) in [5.41, 5.74) is 7.51. The maximum absolute atomic E-state index is 13.8. The molecule has 2 aromatic carbocycles. The first-order valence-corrected chi connectivity index (χ1v) is 10.3. The lowest BCUT2D eigenvalue weighted by atomic mass is 10.0. The molecular formula is C23H25FN4O4. The Hall–Kier alpha value is -3.59. The second-order valence-corrected chi connectivity index (χ2v) is 7.42. The van der Waals surface area contributed by atoms with E-state index in [9.17, 15) is 9.18 Å². The number of carbonyl (C=O) groups excluding carboxylic acids is 1. The third kappa shape index (κ3) is 5.76. The fraction of sp³-hybridized carbons (Fsp3) is 0.304. The van der Waals surface area contributed by atoms with Crippen molar-refractivity contribution in [3.63, 3.8) is 0 Å². The van der Waals surface area contributed by atoms with Gasteiger partial charge in [-0.15, -0.1) is 10.2 Å². The van der Waals surface area contributed by atoms with Gasteiger partial charge in [-0.05, 0) is 43.0 Å². The fourth-order valence-corrected chi connectivity index (χ4v) is 3.75. The molecule has 0 bridgehead atoms. The van der Waals surface area contributed by atoms with E-state index in [4.69, 9.17) is 20.1 Å². The van der Waals surface area contributed by atoms with Crippen molar-refractivity contribution >= 4 is 12.4 Å². The summed E-state index contributed by atoms with van der Waals surface area (Å²) < 4.78 is 19.7. The van der Waals surface area contributed by atoms with Crippen molar-refractivity contribution in [2.24, 2.45) is 5.73 Å². The molecule has 1 aromatic heterocycles. The van der Waals surface area contributed by atoms with Crippen molar-refractivity contribution in [2.45, 2.75) is 37.8 Å². The first-order chi connectivity index (χ1) is 15.5. The lowest BCUT2D eigenvalue weighted by Gasteiger charge is -2.23. The zero-order valence-electron chi connectivity index (χ0n) is 17.4. The summed E-state index contributed by atoms with van der Waals surface area (Å²) in [6.07, 6.45) is 2.09. The quantitative estimate of drug-likeness (QED) is 0.564. The van der Waals surface area contributed by atoms with E-state index in [2.05, 4.69) is 10.2 Å². The normalized spacial score (nSPS) is 16.2. The van der Waals surface area contributed by atoms with E-state index in [-0.39, 0.29) is 30.7 Å². The van der Waals surface area contributed by atoms with Gasteiger partial charge in [-0.2, -0.15) is 0 Å². The highest BCUT2D eigenvalue weighted by Crippen LogP contribution is 2.33. The number of nitrogens with two attached hydrogens (primary N) is 1. The van der Waals surface area contributed by atoms with Crippen LogP contribution in [0.3, 0.4) is 0 Å². The van der Waals surface area contributed by atoms with E-state index >= 15 is 0 Å². The molecule has 32 heavy (non-hydrogen) atoms. The highest BCUT2D eigenvalue weighted by Gasteiger charge is 2.34. The van der Waals surface area contributed by atoms with Gasteiger partial charge in [-0.25, -0.2) is 4.39 Å². The number of hydrogen-bond acceptors (Lipinski definition) is 6. The Labute approximate surface area is 184 Å². The highest BCUT2D eigenvalue weighted by molar-refractivity contribution is 5.77. The Balaban J connectivity index is 0.000000913. The standard InChI is InChI=1S/C22H23FN4O2.CH2O2/c23-18-10-5-4-9-16(18)13-17(24)14-20(28)27-12-6-11-19(27)22-26-25-21(29-22)15-7-2-1-3-8-15;2-1-3/h1-5,7-10,17,19H,6,11-14,24H2;1H,(H,2,3)/t17?,19-;/m0./s1. The molecule has 1 aliphatic heterocycles. The van der Waals surface area contributed by atoms with Crippen LogP contribution in [-0.2, 0) is 16.0 Å². The molecule has 1 aliphatic rings. The monoisotopic (exact) mass is 440 g/mol. The Morgan fingerprint density at radius 1 is 1.22 bits per heavy atom. The van der Waals surface area contributed by atoms with E-state index in [1.165, 1.54) is 6.07 Å². The van der Waals surface area contributed by atoms with Crippen LogP contribution >= 0.6 is 0 Å². The number of halogens is 1. The maximum Gasteiger partial charge on any atom is 0.290 e. The molecule has 3 aromatic rings. The lowest BCUT2D eigenvalue weighted by Crippen LogP contribution is -2.36. The summed E-state index contributed by atoms with van der Waals surface area (Å²) in [5, 5.41) is 15.2. The molecule has 1 fully saturated rings. The Morgan fingerprint density at radius 2 is 1.91 bits per heavy atom. The van der Waals surface area contributed by atoms with Crippen LogP contribution < -0.4 is 5.73 Å². The van der Waals surface area contributed by atoms with Gasteiger partial charge in [0, 0.05) is 24.6 Å². The van der Waals surface area contributed by atoms with Crippen molar-refractivity contribution in [1.82, 2.24) is 15.1 Å². The third-order valence-electron chi connectivity index (χ3n) is 5.20. The van der Waals surface area contributed by atoms with Gasteiger partial charge < -0.3 is 20.2 Å². The SMILES string of the molecule is NC(CC(=O)N1CCC[C@H]1c1nnc(-c2ccccc2)o1)Cc1ccccc1F.O=CO. The van der Waals surface area contributed by atoms with Gasteiger partial charge in [0.1, 0.15) is 11.9 Å². The molecule has 2 atom stereocenters. The number of likely N-dealkylation sites (tertiary alicyclic amines) is 1. The number of benzene rings is 2. The van der Waals surface area contributed by atoms with Gasteiger partial charge in [0.05, 0.1) is 0 Å². The molecule has 2 heterocycles. The van der Waals surface area contributed by atoms with Gasteiger partial charge in [-0.1, -0.05) is 36.4 Å². The number of amides is 1. The van der Waals surface area contributed by atoms with Gasteiger partial charge in [-0.3, -0.25) is 9.59 Å². The van der Waals surface area contributed by atoms with Crippen molar-refractivity contribution in [2.75, 3.05) is 6.54 Å². The number of nitrogens with zero attached hydrogens (tertiary/aromatic N) is 3. The minimum atomic E-state index is -0.455. The molecule has 8 nitrogen and oxygen atoms in total. The first-order valence-electron chi connectivity index (χ1n) is 10.3. The molecule has 9 heteroatoms. The summed E-state index contributed by atoms with van der Waals surface area (Å²) >= 11 is 0. The molecule has 1 amide bonds. The number of carboxylic acid groups (broad SMARTS) is 1. The second-order valence-electron chi connectivity index (χ2n) is 7.42. The van der Waals surface area contributed by atoms with Gasteiger partial charge in [0.25, 0.3) is 6.47 Å². The Morgan fingerprint density at radius 3 is 2.62 bits per heavy atom. The maximum atomic E-state index is 13.8. The predicted molar refractivity (Wildman–Crippen MR) is 115 cm³/mol. The molecule has 3 N–H and O–H groups in total. The first kappa shape index (κ1) is 23.1. The number of rotatable bonds is 6. The van der Waals surface area contributed by atoms with E-state index in [1.54, 1.807) is 23.1 Å². The number of carbonyl (C=O) groups is 2. The van der Waals surface area contributed by atoms with Crippen LogP contribution in [0, 0.1) is 5.82 Å². The van der Waals surface area contributed by atoms with E-state index in [0.717, 1.165) is 18.4 Å². The molecule has 1 unspecified atom stereocenters. The smallest absolute Gasteiger partial charge is 0.290 e. The number of aromatic nitrogens is 2. The van der Waals surface area contributed by atoms with Crippen LogP contribution in [0.1, 0.15) is 36.8 Å². The highest BCUT2D eigenvalue weighted by atomic mass is 19.1. The summed E-state index contributed by atoms with van der Waals surface area (Å²) in [6.45, 7) is 0.374. The van der Waals surface area contributed by atoms with Crippen molar-refractivity contribution < 1.29 is 23.5 Å². The zero-order valence-corrected chi connectivity index (χ0v) is 17.4. The van der Waals surface area contributed by atoms with Crippen LogP contribution in [0.5, 0.6) is 0 Å². The topological polar surface area (TPSA) is 123 Å². The second kappa shape index (κ2) is 11.1. The van der Waals surface area contributed by atoms with E-state index in [0.29, 0.717) is 30.3 Å². The predicted octanol–water partition coefficient (Wildman–Crippen LogP) is 3.20. The average Bonchev–Trinajstić information content (AvgIpc) is 3.46. The van der Waals surface area contributed by atoms with Gasteiger partial charge in [0.2, 0.25) is 17.7 Å². The van der Waals surface area contributed by atoms with Crippen molar-refractivity contribution in [1.29, 1.82) is 0 Å². The molecule has 0 aliphatic carbocycles. The third-order valence-corrected chi connectivity index (χ3v) is 5.20. The minimum Gasteiger partial charge on any atom is -0.483 e. The molecule has 0 saturated carbocycles. The van der Waals surface area contributed by atoms with Crippen LogP contribution in [-0.4, -0.2) is 45.2 Å².